The van der Waals surface area contributed by atoms with E-state index >= 15 is 0 Å². The fraction of sp³-hybridized carbons (Fsp3) is 0.714. The van der Waals surface area contributed by atoms with Gasteiger partial charge in [-0.25, -0.2) is 9.59 Å². The molecule has 214 valence electrons. The summed E-state index contributed by atoms with van der Waals surface area (Å²) in [5, 5.41) is 10.9. The number of carbonyl (C=O) groups excluding carboxylic acids is 1. The maximum absolute atomic E-state index is 12.0. The van der Waals surface area contributed by atoms with Crippen molar-refractivity contribution in [3.8, 4) is 5.75 Å². The van der Waals surface area contributed by atoms with Gasteiger partial charge in [0.05, 0.1) is 6.61 Å². The van der Waals surface area contributed by atoms with E-state index in [1.54, 1.807) is 0 Å². The first-order valence-corrected chi connectivity index (χ1v) is 13.7. The first-order chi connectivity index (χ1) is 18.1. The number of hydrogen-bond donors (Lipinski definition) is 2. The van der Waals surface area contributed by atoms with Gasteiger partial charge in [0.15, 0.2) is 0 Å². The largest absolute Gasteiger partial charge is 0.511 e. The molecule has 1 aromatic carbocycles. The lowest BCUT2D eigenvalue weighted by molar-refractivity contribution is -0.192. The van der Waals surface area contributed by atoms with Gasteiger partial charge in [0, 0.05) is 11.5 Å². The maximum atomic E-state index is 12.0. The topological polar surface area (TPSA) is 94.1 Å². The van der Waals surface area contributed by atoms with Crippen LogP contribution in [0.1, 0.15) is 82.8 Å². The van der Waals surface area contributed by atoms with E-state index in [1.807, 2.05) is 6.07 Å². The van der Waals surface area contributed by atoms with Crippen molar-refractivity contribution in [3.63, 3.8) is 0 Å². The molecule has 1 saturated heterocycles. The van der Waals surface area contributed by atoms with E-state index in [4.69, 9.17) is 24.1 Å². The van der Waals surface area contributed by atoms with Crippen LogP contribution < -0.4 is 10.1 Å². The van der Waals surface area contributed by atoms with Crippen molar-refractivity contribution in [3.05, 3.63) is 29.3 Å². The molecule has 1 aliphatic heterocycles. The first-order valence-electron chi connectivity index (χ1n) is 13.7. The lowest BCUT2D eigenvalue weighted by Crippen LogP contribution is -2.59. The Morgan fingerprint density at radius 3 is 2.63 bits per heavy atom. The number of nitrogens with one attached hydrogen (secondary N) is 1. The first kappa shape index (κ1) is 30.1. The second-order valence-corrected chi connectivity index (χ2v) is 10.5. The fourth-order valence-electron chi connectivity index (χ4n) is 6.26. The number of carbonyl (C=O) groups is 2. The molecule has 1 aromatic rings. The molecule has 38 heavy (non-hydrogen) atoms. The summed E-state index contributed by atoms with van der Waals surface area (Å²) in [7, 11) is 0. The number of hydrogen-bond acceptors (Lipinski definition) is 6. The van der Waals surface area contributed by atoms with E-state index in [0.29, 0.717) is 24.0 Å². The Morgan fingerprint density at radius 1 is 1.18 bits per heavy atom. The molecule has 2 N–H and O–H groups in total. The highest BCUT2D eigenvalue weighted by molar-refractivity contribution is 5.73. The van der Waals surface area contributed by atoms with Crippen LogP contribution >= 0.6 is 0 Å². The van der Waals surface area contributed by atoms with Gasteiger partial charge in [-0.05, 0) is 73.7 Å². The number of alkyl halides is 3. The van der Waals surface area contributed by atoms with Gasteiger partial charge in [-0.3, -0.25) is 0 Å². The average molecular weight is 544 g/mol. The van der Waals surface area contributed by atoms with Gasteiger partial charge >= 0.3 is 18.3 Å². The van der Waals surface area contributed by atoms with E-state index in [0.717, 1.165) is 50.3 Å². The molecule has 0 radical (unpaired) electrons. The second-order valence-electron chi connectivity index (χ2n) is 10.5. The predicted octanol–water partition coefficient (Wildman–Crippen LogP) is 6.37. The van der Waals surface area contributed by atoms with Crippen LogP contribution in [-0.4, -0.2) is 49.4 Å². The van der Waals surface area contributed by atoms with Gasteiger partial charge in [0.1, 0.15) is 5.75 Å². The number of unbranched alkanes of at least 4 members (excludes halogenated alkanes) is 1. The second kappa shape index (κ2) is 13.5. The zero-order valence-electron chi connectivity index (χ0n) is 22.3. The average Bonchev–Trinajstić information content (AvgIpc) is 2.89. The fourth-order valence-corrected chi connectivity index (χ4v) is 6.26. The number of piperidine rings is 1. The molecule has 1 unspecified atom stereocenters. The van der Waals surface area contributed by atoms with Crippen LogP contribution in [0.5, 0.6) is 5.75 Å². The summed E-state index contributed by atoms with van der Waals surface area (Å²) in [5.41, 5.74) is 3.24. The number of benzene rings is 1. The molecule has 0 spiro atoms. The van der Waals surface area contributed by atoms with E-state index in [-0.39, 0.29) is 6.79 Å². The Balaban J connectivity index is 0.000000505. The summed E-state index contributed by atoms with van der Waals surface area (Å²) < 4.78 is 48.0. The summed E-state index contributed by atoms with van der Waals surface area (Å²) in [4.78, 5) is 20.9. The molecule has 7 nitrogen and oxygen atoms in total. The smallest absolute Gasteiger partial charge is 0.475 e. The SMILES string of the molecule is CCCCC(CC)COC(=O)OCOc1ccc2c(c1)[C@]13CCCC[C@@H]1[C@@H](C2)NCC3.O=C(O)C(F)(F)F. The number of fused-ring (bicyclic) bond motifs is 1. The summed E-state index contributed by atoms with van der Waals surface area (Å²) >= 11 is 0. The summed E-state index contributed by atoms with van der Waals surface area (Å²) in [6.07, 6.45) is 6.31. The highest BCUT2D eigenvalue weighted by Crippen LogP contribution is 2.54. The van der Waals surface area contributed by atoms with Crippen molar-refractivity contribution in [2.45, 2.75) is 95.7 Å². The molecule has 1 heterocycles. The summed E-state index contributed by atoms with van der Waals surface area (Å²) in [5.74, 6) is -0.821. The van der Waals surface area contributed by atoms with Gasteiger partial charge < -0.3 is 24.6 Å². The van der Waals surface area contributed by atoms with E-state index in [1.165, 1.54) is 43.2 Å². The molecule has 0 amide bonds. The van der Waals surface area contributed by atoms with Crippen LogP contribution in [0.15, 0.2) is 18.2 Å². The van der Waals surface area contributed by atoms with Crippen LogP contribution in [0.25, 0.3) is 0 Å². The van der Waals surface area contributed by atoms with Crippen molar-refractivity contribution in [1.82, 2.24) is 5.32 Å². The Morgan fingerprint density at radius 2 is 1.95 bits per heavy atom. The lowest BCUT2D eigenvalue weighted by atomic mass is 9.53. The summed E-state index contributed by atoms with van der Waals surface area (Å²) in [6.45, 7) is 5.74. The molecule has 0 aromatic heterocycles. The molecule has 4 atom stereocenters. The third-order valence-electron chi connectivity index (χ3n) is 8.24. The van der Waals surface area contributed by atoms with Crippen LogP contribution in [0.4, 0.5) is 18.0 Å². The number of aliphatic carboxylic acids is 1. The molecule has 2 bridgehead atoms. The zero-order chi connectivity index (χ0) is 27.8. The van der Waals surface area contributed by atoms with Gasteiger partial charge in [-0.15, -0.1) is 0 Å². The van der Waals surface area contributed by atoms with Crippen molar-refractivity contribution >= 4 is 12.1 Å². The van der Waals surface area contributed by atoms with Crippen molar-refractivity contribution in [1.29, 1.82) is 0 Å². The summed E-state index contributed by atoms with van der Waals surface area (Å²) in [6, 6.07) is 7.08. The highest BCUT2D eigenvalue weighted by atomic mass is 19.4. The molecule has 1 saturated carbocycles. The number of carboxylic acids is 1. The molecule has 2 fully saturated rings. The monoisotopic (exact) mass is 543 g/mol. The minimum absolute atomic E-state index is 0.107. The van der Waals surface area contributed by atoms with E-state index in [9.17, 15) is 18.0 Å². The minimum atomic E-state index is -5.08. The quantitative estimate of drug-likeness (QED) is 0.276. The number of ether oxygens (including phenoxy) is 3. The zero-order valence-corrected chi connectivity index (χ0v) is 22.3. The Bertz CT molecular complexity index is 936. The molecule has 2 aliphatic carbocycles. The molecule has 3 aliphatic rings. The number of carboxylic acid groups (broad SMARTS) is 1. The van der Waals surface area contributed by atoms with Crippen molar-refractivity contribution in [2.24, 2.45) is 11.8 Å². The predicted molar refractivity (Wildman–Crippen MR) is 135 cm³/mol. The van der Waals surface area contributed by atoms with Crippen LogP contribution in [-0.2, 0) is 26.1 Å². The molecular weight excluding hydrogens is 503 g/mol. The van der Waals surface area contributed by atoms with Crippen molar-refractivity contribution < 1.29 is 42.1 Å². The van der Waals surface area contributed by atoms with Crippen molar-refractivity contribution in [2.75, 3.05) is 19.9 Å². The van der Waals surface area contributed by atoms with Gasteiger partial charge in [-0.2, -0.15) is 13.2 Å². The van der Waals surface area contributed by atoms with Crippen LogP contribution in [0.3, 0.4) is 0 Å². The van der Waals surface area contributed by atoms with Gasteiger partial charge in [0.2, 0.25) is 6.79 Å². The maximum Gasteiger partial charge on any atom is 0.511 e. The molecule has 10 heteroatoms. The number of halogens is 3. The molecular formula is C28H40F3NO6. The Kier molecular flexibility index (Phi) is 10.7. The van der Waals surface area contributed by atoms with E-state index < -0.39 is 18.3 Å². The normalized spacial score (nSPS) is 24.6. The third-order valence-corrected chi connectivity index (χ3v) is 8.24. The van der Waals surface area contributed by atoms with E-state index in [2.05, 4.69) is 31.3 Å². The Hall–Kier alpha value is -2.49. The van der Waals surface area contributed by atoms with Gasteiger partial charge in [0.25, 0.3) is 0 Å². The van der Waals surface area contributed by atoms with Gasteiger partial charge in [-0.1, -0.05) is 52.0 Å². The minimum Gasteiger partial charge on any atom is -0.475 e. The lowest BCUT2D eigenvalue weighted by Gasteiger charge is -2.56. The third kappa shape index (κ3) is 7.55. The Labute approximate surface area is 222 Å². The van der Waals surface area contributed by atoms with Crippen LogP contribution in [0, 0.1) is 11.8 Å². The van der Waals surface area contributed by atoms with Crippen LogP contribution in [0.2, 0.25) is 0 Å². The number of rotatable bonds is 9. The highest BCUT2D eigenvalue weighted by Gasteiger charge is 2.51. The molecule has 4 rings (SSSR count). The standard InChI is InChI=1S/C26H39NO4.C2HF3O2/c1-3-5-8-19(4-2)17-29-25(28)31-18-30-21-11-10-20-15-24-22-9-6-7-12-26(22,13-14-27-24)23(20)16-21;3-2(4,5)1(6)7/h10-11,16,19,22,24,27H,3-9,12-15,17-18H2,1-2H3;(H,6,7)/t19?,22-,24-,26+;/m1./s1.